The molecule has 1 heterocycles. The first kappa shape index (κ1) is 20.0. The lowest BCUT2D eigenvalue weighted by atomic mass is 10.1. The number of hydrogen-bond acceptors (Lipinski definition) is 5. The Bertz CT molecular complexity index is 1230. The molecule has 6 nitrogen and oxygen atoms in total. The fourth-order valence-corrected chi connectivity index (χ4v) is 3.11. The van der Waals surface area contributed by atoms with Gasteiger partial charge in [-0.2, -0.15) is 15.2 Å². The van der Waals surface area contributed by atoms with E-state index in [-0.39, 0.29) is 0 Å². The Kier molecular flexibility index (Phi) is 5.84. The van der Waals surface area contributed by atoms with Gasteiger partial charge in [0.15, 0.2) is 17.3 Å². The Hall–Kier alpha value is -4.26. The zero-order chi connectivity index (χ0) is 21.6. The summed E-state index contributed by atoms with van der Waals surface area (Å²) < 4.78 is 0. The summed E-state index contributed by atoms with van der Waals surface area (Å²) in [6, 6.07) is 23.8. The average Bonchev–Trinajstić information content (AvgIpc) is 2.83. The van der Waals surface area contributed by atoms with Crippen LogP contribution < -0.4 is 5.32 Å². The SMILES string of the molecule is [C-]#[N+]c1ccc(-c2nc(NCc3ccccc3Cl)nc(-c3ccc(C#N)cc3)n2)cc1. The molecule has 7 heteroatoms. The van der Waals surface area contributed by atoms with Gasteiger partial charge in [-0.25, -0.2) is 9.83 Å². The van der Waals surface area contributed by atoms with E-state index in [2.05, 4.69) is 31.2 Å². The van der Waals surface area contributed by atoms with Crippen molar-refractivity contribution in [1.29, 1.82) is 5.26 Å². The topological polar surface area (TPSA) is 78.9 Å². The van der Waals surface area contributed by atoms with Gasteiger partial charge < -0.3 is 5.32 Å². The van der Waals surface area contributed by atoms with Gasteiger partial charge in [0.1, 0.15) is 0 Å². The third kappa shape index (κ3) is 4.67. The Morgan fingerprint density at radius 2 is 1.48 bits per heavy atom. The van der Waals surface area contributed by atoms with Crippen molar-refractivity contribution in [2.24, 2.45) is 0 Å². The zero-order valence-corrected chi connectivity index (χ0v) is 17.0. The zero-order valence-electron chi connectivity index (χ0n) is 16.2. The number of hydrogen-bond donors (Lipinski definition) is 1. The quantitative estimate of drug-likeness (QED) is 0.405. The van der Waals surface area contributed by atoms with Crippen LogP contribution in [0.1, 0.15) is 11.1 Å². The summed E-state index contributed by atoms with van der Waals surface area (Å²) >= 11 is 6.26. The molecule has 0 bridgehead atoms. The molecule has 4 rings (SSSR count). The fourth-order valence-electron chi connectivity index (χ4n) is 2.91. The summed E-state index contributed by atoms with van der Waals surface area (Å²) in [6.07, 6.45) is 0. The number of rotatable bonds is 5. The van der Waals surface area contributed by atoms with Gasteiger partial charge in [0.2, 0.25) is 5.95 Å². The van der Waals surface area contributed by atoms with Gasteiger partial charge in [-0.1, -0.05) is 54.1 Å². The van der Waals surface area contributed by atoms with Gasteiger partial charge in [0.25, 0.3) is 0 Å². The normalized spacial score (nSPS) is 10.2. The minimum Gasteiger partial charge on any atom is -0.350 e. The molecule has 0 saturated heterocycles. The van der Waals surface area contributed by atoms with Crippen molar-refractivity contribution in [2.75, 3.05) is 5.32 Å². The average molecular weight is 423 g/mol. The van der Waals surface area contributed by atoms with E-state index in [1.807, 2.05) is 36.4 Å². The fraction of sp³-hybridized carbons (Fsp3) is 0.0417. The van der Waals surface area contributed by atoms with Crippen molar-refractivity contribution in [3.8, 4) is 28.8 Å². The van der Waals surface area contributed by atoms with Crippen LogP contribution in [0, 0.1) is 17.9 Å². The van der Waals surface area contributed by atoms with Crippen molar-refractivity contribution in [1.82, 2.24) is 15.0 Å². The Labute approximate surface area is 184 Å². The number of nitrogens with zero attached hydrogens (tertiary/aromatic N) is 5. The van der Waals surface area contributed by atoms with Gasteiger partial charge in [0, 0.05) is 22.7 Å². The van der Waals surface area contributed by atoms with E-state index in [1.54, 1.807) is 36.4 Å². The second-order valence-corrected chi connectivity index (χ2v) is 7.01. The van der Waals surface area contributed by atoms with Gasteiger partial charge in [0.05, 0.1) is 18.2 Å². The first-order chi connectivity index (χ1) is 15.2. The summed E-state index contributed by atoms with van der Waals surface area (Å²) in [5.74, 6) is 1.36. The maximum absolute atomic E-state index is 9.05. The largest absolute Gasteiger partial charge is 0.350 e. The van der Waals surface area contributed by atoms with Crippen LogP contribution >= 0.6 is 11.6 Å². The standard InChI is InChI=1S/C24H15ClN6/c1-27-20-12-10-18(11-13-20)23-29-22(17-8-6-16(14-26)7-9-17)30-24(31-23)28-15-19-4-2-3-5-21(19)25/h2-13H,15H2,(H,28,29,30,31). The van der Waals surface area contributed by atoms with Crippen LogP contribution in [-0.2, 0) is 6.54 Å². The van der Waals surface area contributed by atoms with Gasteiger partial charge in [-0.15, -0.1) is 0 Å². The third-order valence-electron chi connectivity index (χ3n) is 4.56. The number of aromatic nitrogens is 3. The van der Waals surface area contributed by atoms with E-state index in [9.17, 15) is 0 Å². The minimum atomic E-state index is 0.401. The maximum atomic E-state index is 9.05. The van der Waals surface area contributed by atoms with Gasteiger partial charge >= 0.3 is 0 Å². The van der Waals surface area contributed by atoms with Crippen molar-refractivity contribution in [3.05, 3.63) is 100 Å². The predicted octanol–water partition coefficient (Wildman–Crippen LogP) is 5.89. The summed E-state index contributed by atoms with van der Waals surface area (Å²) in [6.45, 7) is 7.58. The highest BCUT2D eigenvalue weighted by Crippen LogP contribution is 2.24. The molecule has 0 amide bonds. The first-order valence-electron chi connectivity index (χ1n) is 9.38. The highest BCUT2D eigenvalue weighted by molar-refractivity contribution is 6.31. The van der Waals surface area contributed by atoms with E-state index in [1.165, 1.54) is 0 Å². The predicted molar refractivity (Wildman–Crippen MR) is 120 cm³/mol. The van der Waals surface area contributed by atoms with Crippen LogP contribution in [-0.4, -0.2) is 15.0 Å². The number of benzene rings is 3. The lowest BCUT2D eigenvalue weighted by molar-refractivity contribution is 1.01. The summed E-state index contributed by atoms with van der Waals surface area (Å²) in [4.78, 5) is 17.1. The summed E-state index contributed by atoms with van der Waals surface area (Å²) in [7, 11) is 0. The van der Waals surface area contributed by atoms with E-state index in [0.717, 1.165) is 16.7 Å². The molecule has 0 aliphatic carbocycles. The molecule has 3 aromatic carbocycles. The molecule has 1 N–H and O–H groups in total. The van der Waals surface area contributed by atoms with Crippen molar-refractivity contribution < 1.29 is 0 Å². The highest BCUT2D eigenvalue weighted by atomic mass is 35.5. The molecule has 0 fully saturated rings. The molecule has 1 aromatic heterocycles. The van der Waals surface area contributed by atoms with Crippen LogP contribution in [0.3, 0.4) is 0 Å². The van der Waals surface area contributed by atoms with Crippen molar-refractivity contribution >= 4 is 23.2 Å². The van der Waals surface area contributed by atoms with Crippen LogP contribution in [0.2, 0.25) is 5.02 Å². The number of nitriles is 1. The highest BCUT2D eigenvalue weighted by Gasteiger charge is 2.11. The smallest absolute Gasteiger partial charge is 0.227 e. The molecule has 0 radical (unpaired) electrons. The molecule has 4 aromatic rings. The number of halogens is 1. The third-order valence-corrected chi connectivity index (χ3v) is 4.93. The Morgan fingerprint density at radius 3 is 2.06 bits per heavy atom. The Balaban J connectivity index is 1.73. The van der Waals surface area contributed by atoms with Crippen LogP contribution in [0.25, 0.3) is 27.6 Å². The molecular formula is C24H15ClN6. The van der Waals surface area contributed by atoms with E-state index in [0.29, 0.717) is 40.4 Å². The molecule has 0 spiro atoms. The molecule has 0 aliphatic rings. The first-order valence-corrected chi connectivity index (χ1v) is 9.76. The number of anilines is 1. The number of nitrogens with one attached hydrogen (secondary N) is 1. The van der Waals surface area contributed by atoms with Crippen molar-refractivity contribution in [3.63, 3.8) is 0 Å². The van der Waals surface area contributed by atoms with Gasteiger partial charge in [-0.3, -0.25) is 0 Å². The van der Waals surface area contributed by atoms with Crippen LogP contribution in [0.4, 0.5) is 11.6 Å². The van der Waals surface area contributed by atoms with Crippen LogP contribution in [0.5, 0.6) is 0 Å². The summed E-state index contributed by atoms with van der Waals surface area (Å²) in [5, 5.41) is 12.9. The lowest BCUT2D eigenvalue weighted by Crippen LogP contribution is -2.07. The monoisotopic (exact) mass is 422 g/mol. The Morgan fingerprint density at radius 1 is 0.871 bits per heavy atom. The molecule has 0 aliphatic heterocycles. The van der Waals surface area contributed by atoms with E-state index in [4.69, 9.17) is 23.4 Å². The van der Waals surface area contributed by atoms with Crippen molar-refractivity contribution in [2.45, 2.75) is 6.54 Å². The van der Waals surface area contributed by atoms with Crippen LogP contribution in [0.15, 0.2) is 72.8 Å². The molecule has 0 saturated carbocycles. The minimum absolute atomic E-state index is 0.401. The second kappa shape index (κ2) is 9.04. The molecule has 148 valence electrons. The second-order valence-electron chi connectivity index (χ2n) is 6.60. The van der Waals surface area contributed by atoms with E-state index < -0.39 is 0 Å². The maximum Gasteiger partial charge on any atom is 0.227 e. The summed E-state index contributed by atoms with van der Waals surface area (Å²) in [5.41, 5.74) is 3.56. The molecular weight excluding hydrogens is 408 g/mol. The molecule has 31 heavy (non-hydrogen) atoms. The van der Waals surface area contributed by atoms with Gasteiger partial charge in [-0.05, 0) is 35.9 Å². The molecule has 0 atom stereocenters. The lowest BCUT2D eigenvalue weighted by Gasteiger charge is -2.10. The van der Waals surface area contributed by atoms with E-state index >= 15 is 0 Å². The molecule has 0 unspecified atom stereocenters.